The van der Waals surface area contributed by atoms with Crippen LogP contribution in [0.25, 0.3) is 21.8 Å². The first-order valence-electron chi connectivity index (χ1n) is 10.2. The average Bonchev–Trinajstić information content (AvgIpc) is 3.21. The summed E-state index contributed by atoms with van der Waals surface area (Å²) in [5.74, 6) is 1.01. The number of benzene rings is 2. The third-order valence-electron chi connectivity index (χ3n) is 6.13. The molecule has 2 aromatic carbocycles. The summed E-state index contributed by atoms with van der Waals surface area (Å²) in [6.07, 6.45) is 3.79. The van der Waals surface area contributed by atoms with Crippen LogP contribution in [0.15, 0.2) is 59.5 Å². The van der Waals surface area contributed by atoms with Crippen molar-refractivity contribution >= 4 is 27.7 Å². The van der Waals surface area contributed by atoms with Gasteiger partial charge in [0.2, 0.25) is 0 Å². The molecule has 1 aliphatic heterocycles. The molecule has 2 aromatic heterocycles. The highest BCUT2D eigenvalue weighted by molar-refractivity contribution is 5.97. The molecule has 3 heterocycles. The number of aromatic nitrogens is 2. The minimum absolute atomic E-state index is 0.193. The molecule has 30 heavy (non-hydrogen) atoms. The number of ether oxygens (including phenoxy) is 1. The number of amides is 1. The van der Waals surface area contributed by atoms with Gasteiger partial charge in [0.1, 0.15) is 11.3 Å². The monoisotopic (exact) mass is 401 g/mol. The molecule has 152 valence electrons. The van der Waals surface area contributed by atoms with Gasteiger partial charge in [-0.15, -0.1) is 0 Å². The first kappa shape index (κ1) is 18.5. The first-order chi connectivity index (χ1) is 14.6. The van der Waals surface area contributed by atoms with E-state index in [1.54, 1.807) is 18.1 Å². The number of carbonyl (C=O) groups is 1. The number of piperidine rings is 1. The van der Waals surface area contributed by atoms with E-state index in [2.05, 4.69) is 22.2 Å². The number of rotatable bonds is 3. The Morgan fingerprint density at radius 1 is 1.07 bits per heavy atom. The lowest BCUT2D eigenvalue weighted by Gasteiger charge is -2.32. The highest BCUT2D eigenvalue weighted by Gasteiger charge is 2.27. The topological polar surface area (TPSA) is 78.2 Å². The maximum absolute atomic E-state index is 13.0. The minimum Gasteiger partial charge on any atom is -0.497 e. The number of para-hydroxylation sites is 1. The van der Waals surface area contributed by atoms with E-state index in [1.165, 1.54) is 10.9 Å². The fourth-order valence-corrected chi connectivity index (χ4v) is 4.46. The summed E-state index contributed by atoms with van der Waals surface area (Å²) >= 11 is 0. The number of pyridine rings is 1. The van der Waals surface area contributed by atoms with Gasteiger partial charge in [-0.1, -0.05) is 18.2 Å². The highest BCUT2D eigenvalue weighted by Crippen LogP contribution is 2.35. The highest BCUT2D eigenvalue weighted by atomic mass is 16.5. The fourth-order valence-electron chi connectivity index (χ4n) is 4.46. The SMILES string of the molecule is COc1ccc2[nH]cc(C3CCN(C(=O)c4cc5ccccc5[nH]c4=O)CC3)c2c1. The van der Waals surface area contributed by atoms with E-state index in [0.717, 1.165) is 35.0 Å². The molecule has 1 amide bonds. The normalized spacial score (nSPS) is 15.0. The van der Waals surface area contributed by atoms with Gasteiger partial charge in [-0.2, -0.15) is 0 Å². The minimum atomic E-state index is -0.329. The smallest absolute Gasteiger partial charge is 0.261 e. The Morgan fingerprint density at radius 2 is 1.87 bits per heavy atom. The number of hydrogen-bond donors (Lipinski definition) is 2. The van der Waals surface area contributed by atoms with Crippen molar-refractivity contribution in [3.05, 3.63) is 76.2 Å². The van der Waals surface area contributed by atoms with E-state index in [4.69, 9.17) is 4.74 Å². The van der Waals surface area contributed by atoms with Crippen LogP contribution in [0, 0.1) is 0 Å². The lowest BCUT2D eigenvalue weighted by atomic mass is 9.89. The van der Waals surface area contributed by atoms with E-state index in [0.29, 0.717) is 19.0 Å². The van der Waals surface area contributed by atoms with Gasteiger partial charge >= 0.3 is 0 Å². The van der Waals surface area contributed by atoms with E-state index < -0.39 is 0 Å². The average molecular weight is 401 g/mol. The Morgan fingerprint density at radius 3 is 2.67 bits per heavy atom. The molecule has 0 unspecified atom stereocenters. The molecule has 0 aliphatic carbocycles. The molecule has 6 heteroatoms. The van der Waals surface area contributed by atoms with E-state index in [-0.39, 0.29) is 17.0 Å². The summed E-state index contributed by atoms with van der Waals surface area (Å²) in [4.78, 5) is 33.5. The van der Waals surface area contributed by atoms with Crippen molar-refractivity contribution in [1.29, 1.82) is 0 Å². The second-order valence-corrected chi connectivity index (χ2v) is 7.82. The van der Waals surface area contributed by atoms with Crippen LogP contribution in [0.5, 0.6) is 5.75 Å². The Bertz CT molecular complexity index is 1300. The van der Waals surface area contributed by atoms with E-state index in [1.807, 2.05) is 36.4 Å². The molecule has 1 fully saturated rings. The number of hydrogen-bond acceptors (Lipinski definition) is 3. The Labute approximate surface area is 173 Å². The predicted octanol–water partition coefficient (Wildman–Crippen LogP) is 4.04. The summed E-state index contributed by atoms with van der Waals surface area (Å²) in [7, 11) is 1.67. The maximum atomic E-state index is 13.0. The molecule has 6 nitrogen and oxygen atoms in total. The molecule has 4 aromatic rings. The Kier molecular flexibility index (Phi) is 4.54. The zero-order valence-corrected chi connectivity index (χ0v) is 16.8. The molecule has 0 bridgehead atoms. The number of aromatic amines is 2. The summed E-state index contributed by atoms with van der Waals surface area (Å²) in [6, 6.07) is 15.3. The molecule has 0 radical (unpaired) electrons. The molecule has 0 saturated carbocycles. The van der Waals surface area contributed by atoms with Gasteiger partial charge in [0, 0.05) is 35.7 Å². The van der Waals surface area contributed by atoms with E-state index in [9.17, 15) is 9.59 Å². The van der Waals surface area contributed by atoms with Crippen molar-refractivity contribution in [2.45, 2.75) is 18.8 Å². The Hall–Kier alpha value is -3.54. The van der Waals surface area contributed by atoms with Crippen molar-refractivity contribution in [2.75, 3.05) is 20.2 Å². The quantitative estimate of drug-likeness (QED) is 0.544. The second kappa shape index (κ2) is 7.37. The van der Waals surface area contributed by atoms with Gasteiger partial charge in [-0.25, -0.2) is 0 Å². The van der Waals surface area contributed by atoms with E-state index >= 15 is 0 Å². The molecule has 0 spiro atoms. The van der Waals surface area contributed by atoms with Crippen molar-refractivity contribution in [3.63, 3.8) is 0 Å². The standard InChI is InChI=1S/C24H23N3O3/c1-30-17-6-7-22-18(13-17)20(14-25-22)15-8-10-27(11-9-15)24(29)19-12-16-4-2-3-5-21(16)26-23(19)28/h2-7,12-15,25H,8-11H2,1H3,(H,26,28). The van der Waals surface area contributed by atoms with Crippen molar-refractivity contribution in [3.8, 4) is 5.75 Å². The van der Waals surface area contributed by atoms with Crippen LogP contribution in [0.2, 0.25) is 0 Å². The molecule has 1 aliphatic rings. The number of fused-ring (bicyclic) bond motifs is 2. The zero-order valence-electron chi connectivity index (χ0n) is 16.8. The number of nitrogens with one attached hydrogen (secondary N) is 2. The molecule has 0 atom stereocenters. The van der Waals surface area contributed by atoms with Gasteiger partial charge in [0.25, 0.3) is 11.5 Å². The van der Waals surface area contributed by atoms with Gasteiger partial charge in [-0.3, -0.25) is 9.59 Å². The third kappa shape index (κ3) is 3.14. The van der Waals surface area contributed by atoms with Crippen LogP contribution in [-0.2, 0) is 0 Å². The van der Waals surface area contributed by atoms with Crippen molar-refractivity contribution < 1.29 is 9.53 Å². The summed E-state index contributed by atoms with van der Waals surface area (Å²) in [5.41, 5.74) is 2.98. The number of nitrogens with zero attached hydrogens (tertiary/aromatic N) is 1. The Balaban J connectivity index is 1.36. The van der Waals surface area contributed by atoms with Crippen molar-refractivity contribution in [1.82, 2.24) is 14.9 Å². The third-order valence-corrected chi connectivity index (χ3v) is 6.13. The largest absolute Gasteiger partial charge is 0.497 e. The van der Waals surface area contributed by atoms with Gasteiger partial charge in [-0.05, 0) is 60.0 Å². The number of likely N-dealkylation sites (tertiary alicyclic amines) is 1. The molecular formula is C24H23N3O3. The van der Waals surface area contributed by atoms with Crippen LogP contribution >= 0.6 is 0 Å². The van der Waals surface area contributed by atoms with Gasteiger partial charge in [0.15, 0.2) is 0 Å². The maximum Gasteiger partial charge on any atom is 0.261 e. The summed E-state index contributed by atoms with van der Waals surface area (Å²) < 4.78 is 5.37. The lowest BCUT2D eigenvalue weighted by molar-refractivity contribution is 0.0711. The number of carbonyl (C=O) groups excluding carboxylic acids is 1. The molecule has 2 N–H and O–H groups in total. The summed E-state index contributed by atoms with van der Waals surface area (Å²) in [6.45, 7) is 1.26. The fraction of sp³-hybridized carbons (Fsp3) is 0.250. The number of H-pyrrole nitrogens is 2. The summed E-state index contributed by atoms with van der Waals surface area (Å²) in [5, 5.41) is 2.04. The van der Waals surface area contributed by atoms with Crippen molar-refractivity contribution in [2.24, 2.45) is 0 Å². The van der Waals surface area contributed by atoms with Gasteiger partial charge < -0.3 is 19.6 Å². The predicted molar refractivity (Wildman–Crippen MR) is 117 cm³/mol. The number of methoxy groups -OCH3 is 1. The molecule has 5 rings (SSSR count). The molecular weight excluding hydrogens is 378 g/mol. The van der Waals surface area contributed by atoms with Crippen LogP contribution in [0.3, 0.4) is 0 Å². The molecule has 1 saturated heterocycles. The van der Waals surface area contributed by atoms with Crippen LogP contribution in [-0.4, -0.2) is 41.0 Å². The van der Waals surface area contributed by atoms with Gasteiger partial charge in [0.05, 0.1) is 7.11 Å². The zero-order chi connectivity index (χ0) is 20.7. The lowest BCUT2D eigenvalue weighted by Crippen LogP contribution is -2.40. The van der Waals surface area contributed by atoms with Crippen LogP contribution < -0.4 is 10.3 Å². The van der Waals surface area contributed by atoms with Crippen LogP contribution in [0.4, 0.5) is 0 Å². The second-order valence-electron chi connectivity index (χ2n) is 7.82. The van der Waals surface area contributed by atoms with Crippen LogP contribution in [0.1, 0.15) is 34.7 Å². The first-order valence-corrected chi connectivity index (χ1v) is 10.2.